The van der Waals surface area contributed by atoms with E-state index in [1.165, 1.54) is 11.1 Å². The van der Waals surface area contributed by atoms with Crippen LogP contribution in [0.2, 0.25) is 0 Å². The van der Waals surface area contributed by atoms with Gasteiger partial charge in [-0.1, -0.05) is 60.7 Å². The molecule has 3 nitrogen and oxygen atoms in total. The smallest absolute Gasteiger partial charge is 0.131 e. The summed E-state index contributed by atoms with van der Waals surface area (Å²) in [5, 5.41) is 0. The van der Waals surface area contributed by atoms with E-state index in [4.69, 9.17) is 9.73 Å². The maximum absolute atomic E-state index is 5.29. The van der Waals surface area contributed by atoms with Crippen molar-refractivity contribution >= 4 is 5.84 Å². The second-order valence-electron chi connectivity index (χ2n) is 6.35. The number of rotatable bonds is 5. The van der Waals surface area contributed by atoms with Crippen LogP contribution < -0.4 is 4.74 Å². The summed E-state index contributed by atoms with van der Waals surface area (Å²) < 4.78 is 5.29. The molecule has 3 aromatic carbocycles. The van der Waals surface area contributed by atoms with Crippen molar-refractivity contribution < 1.29 is 4.74 Å². The minimum atomic E-state index is 0.153. The zero-order valence-corrected chi connectivity index (χ0v) is 14.9. The lowest BCUT2D eigenvalue weighted by molar-refractivity contribution is 0.389. The lowest BCUT2D eigenvalue weighted by atomic mass is 9.96. The van der Waals surface area contributed by atoms with Crippen LogP contribution in [-0.4, -0.2) is 30.9 Å². The van der Waals surface area contributed by atoms with Crippen LogP contribution in [0.25, 0.3) is 0 Å². The van der Waals surface area contributed by atoms with Gasteiger partial charge in [-0.05, 0) is 35.4 Å². The van der Waals surface area contributed by atoms with Gasteiger partial charge in [-0.25, -0.2) is 0 Å². The summed E-state index contributed by atoms with van der Waals surface area (Å²) in [4.78, 5) is 7.23. The fourth-order valence-corrected chi connectivity index (χ4v) is 3.53. The molecule has 130 valence electrons. The summed E-state index contributed by atoms with van der Waals surface area (Å²) in [5.74, 6) is 1.91. The Labute approximate surface area is 154 Å². The quantitative estimate of drug-likeness (QED) is 0.680. The van der Waals surface area contributed by atoms with E-state index in [-0.39, 0.29) is 6.04 Å². The van der Waals surface area contributed by atoms with Crippen LogP contribution in [0, 0.1) is 0 Å². The highest BCUT2D eigenvalue weighted by atomic mass is 16.5. The van der Waals surface area contributed by atoms with Gasteiger partial charge in [0.1, 0.15) is 11.6 Å². The number of ether oxygens (including phenoxy) is 1. The normalized spacial score (nSPS) is 13.8. The summed E-state index contributed by atoms with van der Waals surface area (Å²) >= 11 is 0. The van der Waals surface area contributed by atoms with Crippen molar-refractivity contribution in [3.05, 3.63) is 102 Å². The topological polar surface area (TPSA) is 24.8 Å². The first-order chi connectivity index (χ1) is 12.9. The number of hydrogen-bond acceptors (Lipinski definition) is 3. The highest BCUT2D eigenvalue weighted by Gasteiger charge is 2.28. The fraction of sp³-hybridized carbons (Fsp3) is 0.174. The molecule has 0 radical (unpaired) electrons. The van der Waals surface area contributed by atoms with Crippen molar-refractivity contribution in [2.75, 3.05) is 20.2 Å². The van der Waals surface area contributed by atoms with E-state index in [2.05, 4.69) is 77.7 Å². The average Bonchev–Trinajstić information content (AvgIpc) is 3.19. The first-order valence-electron chi connectivity index (χ1n) is 8.92. The molecule has 0 aliphatic carbocycles. The van der Waals surface area contributed by atoms with Gasteiger partial charge in [0, 0.05) is 12.1 Å². The van der Waals surface area contributed by atoms with Gasteiger partial charge in [-0.2, -0.15) is 0 Å². The Morgan fingerprint density at radius 2 is 1.38 bits per heavy atom. The molecular formula is C23H22N2O. The van der Waals surface area contributed by atoms with E-state index >= 15 is 0 Å². The minimum Gasteiger partial charge on any atom is -0.497 e. The number of aliphatic imine (C=N–C) groups is 1. The van der Waals surface area contributed by atoms with Crippen molar-refractivity contribution in [3.63, 3.8) is 0 Å². The van der Waals surface area contributed by atoms with Gasteiger partial charge in [-0.15, -0.1) is 0 Å². The van der Waals surface area contributed by atoms with E-state index < -0.39 is 0 Å². The lowest BCUT2D eigenvalue weighted by Crippen LogP contribution is -2.33. The zero-order valence-electron chi connectivity index (χ0n) is 14.9. The molecule has 1 aliphatic rings. The molecule has 4 rings (SSSR count). The Balaban J connectivity index is 1.74. The molecule has 0 fully saturated rings. The van der Waals surface area contributed by atoms with Gasteiger partial charge in [0.25, 0.3) is 0 Å². The van der Waals surface area contributed by atoms with Gasteiger partial charge >= 0.3 is 0 Å². The number of amidine groups is 1. The monoisotopic (exact) mass is 342 g/mol. The first kappa shape index (κ1) is 16.4. The molecule has 3 aromatic rings. The van der Waals surface area contributed by atoms with Crippen LogP contribution in [0.3, 0.4) is 0 Å². The lowest BCUT2D eigenvalue weighted by Gasteiger charge is -2.31. The standard InChI is InChI=1S/C23H22N2O/c1-26-21-14-12-20(13-15-21)23-24-16-17-25(23)22(18-8-4-2-5-9-18)19-10-6-3-7-11-19/h2-15,22H,16-17H2,1H3. The molecule has 0 unspecified atom stereocenters. The van der Waals surface area contributed by atoms with Gasteiger partial charge in [0.15, 0.2) is 0 Å². The minimum absolute atomic E-state index is 0.153. The van der Waals surface area contributed by atoms with Gasteiger partial charge in [0.2, 0.25) is 0 Å². The summed E-state index contributed by atoms with van der Waals surface area (Å²) in [5.41, 5.74) is 3.68. The molecule has 0 saturated carbocycles. The van der Waals surface area contributed by atoms with Gasteiger partial charge in [-0.3, -0.25) is 4.99 Å². The maximum Gasteiger partial charge on any atom is 0.131 e. The number of nitrogens with zero attached hydrogens (tertiary/aromatic N) is 2. The van der Waals surface area contributed by atoms with E-state index in [0.29, 0.717) is 0 Å². The largest absolute Gasteiger partial charge is 0.497 e. The Bertz CT molecular complexity index is 834. The Morgan fingerprint density at radius 3 is 1.92 bits per heavy atom. The fourth-order valence-electron chi connectivity index (χ4n) is 3.53. The summed E-state index contributed by atoms with van der Waals surface area (Å²) in [6, 6.07) is 29.6. The van der Waals surface area contributed by atoms with Crippen molar-refractivity contribution in [3.8, 4) is 5.75 Å². The van der Waals surface area contributed by atoms with Crippen molar-refractivity contribution in [1.82, 2.24) is 4.90 Å². The van der Waals surface area contributed by atoms with E-state index in [0.717, 1.165) is 30.2 Å². The summed E-state index contributed by atoms with van der Waals surface area (Å²) in [6.45, 7) is 1.73. The van der Waals surface area contributed by atoms with Crippen LogP contribution >= 0.6 is 0 Å². The molecule has 0 bridgehead atoms. The molecule has 0 amide bonds. The van der Waals surface area contributed by atoms with E-state index in [1.807, 2.05) is 12.1 Å². The zero-order chi connectivity index (χ0) is 17.8. The predicted molar refractivity (Wildman–Crippen MR) is 106 cm³/mol. The third kappa shape index (κ3) is 3.21. The summed E-state index contributed by atoms with van der Waals surface area (Å²) in [6.07, 6.45) is 0. The third-order valence-corrected chi connectivity index (χ3v) is 4.77. The Morgan fingerprint density at radius 1 is 0.808 bits per heavy atom. The van der Waals surface area contributed by atoms with E-state index in [1.54, 1.807) is 7.11 Å². The number of benzene rings is 3. The molecule has 0 saturated heterocycles. The number of hydrogen-bond donors (Lipinski definition) is 0. The van der Waals surface area contributed by atoms with Gasteiger partial charge in [0.05, 0.1) is 19.7 Å². The highest BCUT2D eigenvalue weighted by Crippen LogP contribution is 2.32. The van der Waals surface area contributed by atoms with Crippen molar-refractivity contribution in [1.29, 1.82) is 0 Å². The third-order valence-electron chi connectivity index (χ3n) is 4.77. The van der Waals surface area contributed by atoms with Crippen LogP contribution in [0.5, 0.6) is 5.75 Å². The van der Waals surface area contributed by atoms with Crippen molar-refractivity contribution in [2.45, 2.75) is 6.04 Å². The van der Waals surface area contributed by atoms with E-state index in [9.17, 15) is 0 Å². The molecule has 0 aromatic heterocycles. The molecule has 0 spiro atoms. The second kappa shape index (κ2) is 7.44. The van der Waals surface area contributed by atoms with Crippen LogP contribution in [0.4, 0.5) is 0 Å². The Hall–Kier alpha value is -3.07. The number of methoxy groups -OCH3 is 1. The first-order valence-corrected chi connectivity index (χ1v) is 8.92. The SMILES string of the molecule is COc1ccc(C2=NCCN2C(c2ccccc2)c2ccccc2)cc1. The summed E-state index contributed by atoms with van der Waals surface area (Å²) in [7, 11) is 1.69. The molecule has 0 atom stereocenters. The van der Waals surface area contributed by atoms with Gasteiger partial charge < -0.3 is 9.64 Å². The maximum atomic E-state index is 5.29. The molecule has 1 heterocycles. The predicted octanol–water partition coefficient (Wildman–Crippen LogP) is 4.55. The molecule has 1 aliphatic heterocycles. The molecule has 3 heteroatoms. The van der Waals surface area contributed by atoms with Crippen molar-refractivity contribution in [2.24, 2.45) is 4.99 Å². The molecule has 0 N–H and O–H groups in total. The van der Waals surface area contributed by atoms with Crippen LogP contribution in [-0.2, 0) is 0 Å². The average molecular weight is 342 g/mol. The van der Waals surface area contributed by atoms with Crippen LogP contribution in [0.1, 0.15) is 22.7 Å². The van der Waals surface area contributed by atoms with Crippen LogP contribution in [0.15, 0.2) is 89.9 Å². The molecule has 26 heavy (non-hydrogen) atoms. The highest BCUT2D eigenvalue weighted by molar-refractivity contribution is 6.00. The second-order valence-corrected chi connectivity index (χ2v) is 6.35. The molecular weight excluding hydrogens is 320 g/mol. The Kier molecular flexibility index (Phi) is 4.69.